The Morgan fingerprint density at radius 2 is 1.71 bits per heavy atom. The molecule has 0 unspecified atom stereocenters. The highest BCUT2D eigenvalue weighted by Gasteiger charge is 2.20. The van der Waals surface area contributed by atoms with Crippen molar-refractivity contribution in [3.63, 3.8) is 0 Å². The SMILES string of the molecule is Cc1ccc(C)c(NC(=O)c2c(C)nn(-c3ccccc3)c2C)c1. The summed E-state index contributed by atoms with van der Waals surface area (Å²) in [7, 11) is 0. The van der Waals surface area contributed by atoms with E-state index in [1.807, 2.05) is 80.9 Å². The first-order valence-electron chi connectivity index (χ1n) is 7.97. The van der Waals surface area contributed by atoms with E-state index in [0.717, 1.165) is 33.9 Å². The molecule has 0 saturated heterocycles. The van der Waals surface area contributed by atoms with Gasteiger partial charge in [-0.25, -0.2) is 4.68 Å². The Balaban J connectivity index is 1.96. The van der Waals surface area contributed by atoms with Gasteiger partial charge in [0.25, 0.3) is 5.91 Å². The lowest BCUT2D eigenvalue weighted by Crippen LogP contribution is -2.15. The number of aromatic nitrogens is 2. The van der Waals surface area contributed by atoms with Gasteiger partial charge in [0, 0.05) is 5.69 Å². The van der Waals surface area contributed by atoms with E-state index >= 15 is 0 Å². The normalized spacial score (nSPS) is 10.7. The minimum absolute atomic E-state index is 0.124. The standard InChI is InChI=1S/C20H21N3O/c1-13-10-11-14(2)18(12-13)21-20(24)19-15(3)22-23(16(19)4)17-8-6-5-7-9-17/h5-12H,1-4H3,(H,21,24). The molecule has 0 bridgehead atoms. The fraction of sp³-hybridized carbons (Fsp3) is 0.200. The molecule has 0 atom stereocenters. The van der Waals surface area contributed by atoms with E-state index in [2.05, 4.69) is 10.4 Å². The maximum Gasteiger partial charge on any atom is 0.259 e. The maximum atomic E-state index is 12.8. The van der Waals surface area contributed by atoms with Crippen molar-refractivity contribution < 1.29 is 4.79 Å². The molecule has 1 aromatic heterocycles. The van der Waals surface area contributed by atoms with Gasteiger partial charge in [-0.3, -0.25) is 4.79 Å². The van der Waals surface area contributed by atoms with Crippen LogP contribution in [0, 0.1) is 27.7 Å². The van der Waals surface area contributed by atoms with Gasteiger partial charge in [-0.15, -0.1) is 0 Å². The summed E-state index contributed by atoms with van der Waals surface area (Å²) in [5, 5.41) is 7.56. The van der Waals surface area contributed by atoms with E-state index in [9.17, 15) is 4.79 Å². The molecule has 3 aromatic rings. The molecule has 4 nitrogen and oxygen atoms in total. The number of aryl methyl sites for hydroxylation is 3. The van der Waals surface area contributed by atoms with E-state index in [1.165, 1.54) is 0 Å². The zero-order valence-electron chi connectivity index (χ0n) is 14.4. The maximum absolute atomic E-state index is 12.8. The van der Waals surface area contributed by atoms with E-state index in [0.29, 0.717) is 5.56 Å². The van der Waals surface area contributed by atoms with Gasteiger partial charge in [-0.1, -0.05) is 30.3 Å². The molecular formula is C20H21N3O. The van der Waals surface area contributed by atoms with Crippen LogP contribution in [-0.2, 0) is 0 Å². The second kappa shape index (κ2) is 6.32. The fourth-order valence-corrected chi connectivity index (χ4v) is 2.85. The van der Waals surface area contributed by atoms with Crippen molar-refractivity contribution in [1.82, 2.24) is 9.78 Å². The molecule has 1 amide bonds. The number of hydrogen-bond acceptors (Lipinski definition) is 2. The van der Waals surface area contributed by atoms with Crippen molar-refractivity contribution in [1.29, 1.82) is 0 Å². The zero-order valence-corrected chi connectivity index (χ0v) is 14.4. The van der Waals surface area contributed by atoms with E-state index in [1.54, 1.807) is 0 Å². The molecule has 0 aliphatic carbocycles. The number of nitrogens with one attached hydrogen (secondary N) is 1. The summed E-state index contributed by atoms with van der Waals surface area (Å²) in [6.45, 7) is 7.79. The van der Waals surface area contributed by atoms with Gasteiger partial charge in [0.1, 0.15) is 0 Å². The third-order valence-electron chi connectivity index (χ3n) is 4.16. The minimum atomic E-state index is -0.124. The minimum Gasteiger partial charge on any atom is -0.322 e. The van der Waals surface area contributed by atoms with Crippen molar-refractivity contribution in [2.75, 3.05) is 5.32 Å². The molecule has 0 radical (unpaired) electrons. The number of para-hydroxylation sites is 1. The zero-order chi connectivity index (χ0) is 17.3. The number of rotatable bonds is 3. The van der Waals surface area contributed by atoms with Crippen LogP contribution in [0.3, 0.4) is 0 Å². The summed E-state index contributed by atoms with van der Waals surface area (Å²) in [6.07, 6.45) is 0. The molecule has 4 heteroatoms. The Bertz CT molecular complexity index is 895. The number of anilines is 1. The first kappa shape index (κ1) is 16.0. The number of carbonyl (C=O) groups excluding carboxylic acids is 1. The van der Waals surface area contributed by atoms with Crippen LogP contribution >= 0.6 is 0 Å². The van der Waals surface area contributed by atoms with Gasteiger partial charge in [-0.05, 0) is 57.0 Å². The van der Waals surface area contributed by atoms with Crippen LogP contribution in [0.5, 0.6) is 0 Å². The van der Waals surface area contributed by atoms with Gasteiger partial charge in [-0.2, -0.15) is 5.10 Å². The van der Waals surface area contributed by atoms with Crippen molar-refractivity contribution >= 4 is 11.6 Å². The molecule has 1 N–H and O–H groups in total. The molecule has 1 heterocycles. The Kier molecular flexibility index (Phi) is 4.21. The predicted octanol–water partition coefficient (Wildman–Crippen LogP) is 4.36. The van der Waals surface area contributed by atoms with Crippen LogP contribution in [0.4, 0.5) is 5.69 Å². The average Bonchev–Trinajstić information content (AvgIpc) is 2.86. The van der Waals surface area contributed by atoms with Gasteiger partial charge in [0.15, 0.2) is 0 Å². The molecule has 0 spiro atoms. The van der Waals surface area contributed by atoms with Gasteiger partial charge in [0.05, 0.1) is 22.6 Å². The average molecular weight is 319 g/mol. The molecule has 0 aliphatic rings. The molecule has 0 saturated carbocycles. The topological polar surface area (TPSA) is 46.9 Å². The van der Waals surface area contributed by atoms with Crippen molar-refractivity contribution in [2.24, 2.45) is 0 Å². The molecule has 122 valence electrons. The Morgan fingerprint density at radius 3 is 2.42 bits per heavy atom. The van der Waals surface area contributed by atoms with E-state index in [-0.39, 0.29) is 5.91 Å². The molecule has 2 aromatic carbocycles. The van der Waals surface area contributed by atoms with Crippen LogP contribution in [0.2, 0.25) is 0 Å². The van der Waals surface area contributed by atoms with Crippen molar-refractivity contribution in [3.8, 4) is 5.69 Å². The van der Waals surface area contributed by atoms with Gasteiger partial charge >= 0.3 is 0 Å². The third kappa shape index (κ3) is 2.95. The number of carbonyl (C=O) groups is 1. The summed E-state index contributed by atoms with van der Waals surface area (Å²) < 4.78 is 1.81. The summed E-state index contributed by atoms with van der Waals surface area (Å²) in [5.41, 5.74) is 6.12. The van der Waals surface area contributed by atoms with Gasteiger partial charge < -0.3 is 5.32 Å². The largest absolute Gasteiger partial charge is 0.322 e. The first-order valence-corrected chi connectivity index (χ1v) is 7.97. The first-order chi connectivity index (χ1) is 11.5. The monoisotopic (exact) mass is 319 g/mol. The Morgan fingerprint density at radius 1 is 1.00 bits per heavy atom. The molecule has 24 heavy (non-hydrogen) atoms. The van der Waals surface area contributed by atoms with Crippen molar-refractivity contribution in [3.05, 3.63) is 76.6 Å². The number of hydrogen-bond donors (Lipinski definition) is 1. The van der Waals surface area contributed by atoms with Crippen molar-refractivity contribution in [2.45, 2.75) is 27.7 Å². The van der Waals surface area contributed by atoms with Crippen LogP contribution in [-0.4, -0.2) is 15.7 Å². The fourth-order valence-electron chi connectivity index (χ4n) is 2.85. The quantitative estimate of drug-likeness (QED) is 0.780. The van der Waals surface area contributed by atoms with Crippen LogP contribution in [0.15, 0.2) is 48.5 Å². The summed E-state index contributed by atoms with van der Waals surface area (Å²) in [6, 6.07) is 15.9. The Labute approximate surface area is 142 Å². The lowest BCUT2D eigenvalue weighted by molar-refractivity contribution is 0.102. The summed E-state index contributed by atoms with van der Waals surface area (Å²) in [4.78, 5) is 12.8. The highest BCUT2D eigenvalue weighted by atomic mass is 16.1. The van der Waals surface area contributed by atoms with E-state index in [4.69, 9.17) is 0 Å². The second-order valence-electron chi connectivity index (χ2n) is 6.07. The van der Waals surface area contributed by atoms with Gasteiger partial charge in [0.2, 0.25) is 0 Å². The van der Waals surface area contributed by atoms with Crippen LogP contribution < -0.4 is 5.32 Å². The lowest BCUT2D eigenvalue weighted by atomic mass is 10.1. The summed E-state index contributed by atoms with van der Waals surface area (Å²) >= 11 is 0. The molecular weight excluding hydrogens is 298 g/mol. The van der Waals surface area contributed by atoms with Crippen LogP contribution in [0.25, 0.3) is 5.69 Å². The molecule has 3 rings (SSSR count). The highest BCUT2D eigenvalue weighted by Crippen LogP contribution is 2.21. The van der Waals surface area contributed by atoms with E-state index < -0.39 is 0 Å². The third-order valence-corrected chi connectivity index (χ3v) is 4.16. The van der Waals surface area contributed by atoms with Crippen LogP contribution in [0.1, 0.15) is 32.9 Å². The molecule has 0 fully saturated rings. The highest BCUT2D eigenvalue weighted by molar-refractivity contribution is 6.06. The lowest BCUT2D eigenvalue weighted by Gasteiger charge is -2.10. The number of benzene rings is 2. The Hall–Kier alpha value is -2.88. The number of nitrogens with zero attached hydrogens (tertiary/aromatic N) is 2. The number of amides is 1. The predicted molar refractivity (Wildman–Crippen MR) is 96.9 cm³/mol. The second-order valence-corrected chi connectivity index (χ2v) is 6.07. The summed E-state index contributed by atoms with van der Waals surface area (Å²) in [5.74, 6) is -0.124. The smallest absolute Gasteiger partial charge is 0.259 e. The molecule has 0 aliphatic heterocycles.